The van der Waals surface area contributed by atoms with Crippen molar-refractivity contribution in [3.63, 3.8) is 0 Å². The molecule has 1 aromatic carbocycles. The van der Waals surface area contributed by atoms with Crippen molar-refractivity contribution in [3.05, 3.63) is 47.0 Å². The molecule has 2 atom stereocenters. The Morgan fingerprint density at radius 2 is 1.80 bits per heavy atom. The van der Waals surface area contributed by atoms with E-state index < -0.39 is 0 Å². The minimum absolute atomic E-state index is 0.602. The first-order valence-electron chi connectivity index (χ1n) is 7.67. The summed E-state index contributed by atoms with van der Waals surface area (Å²) in [5, 5.41) is 8.78. The summed E-state index contributed by atoms with van der Waals surface area (Å²) in [5.41, 5.74) is 3.09. The highest BCUT2D eigenvalue weighted by atomic mass is 15.3. The maximum atomic E-state index is 4.43. The van der Waals surface area contributed by atoms with Gasteiger partial charge >= 0.3 is 0 Å². The van der Waals surface area contributed by atoms with Gasteiger partial charge in [0.15, 0.2) is 0 Å². The van der Waals surface area contributed by atoms with Gasteiger partial charge in [-0.05, 0) is 30.4 Å². The van der Waals surface area contributed by atoms with Gasteiger partial charge in [0.1, 0.15) is 11.6 Å². The van der Waals surface area contributed by atoms with Gasteiger partial charge in [-0.1, -0.05) is 24.3 Å². The van der Waals surface area contributed by atoms with E-state index >= 15 is 0 Å². The van der Waals surface area contributed by atoms with Crippen LogP contribution in [0.5, 0.6) is 0 Å². The van der Waals surface area contributed by atoms with Crippen molar-refractivity contribution in [3.8, 4) is 0 Å². The average Bonchev–Trinajstić information content (AvgIpc) is 3.21. The average molecular weight is 266 g/mol. The molecule has 2 bridgehead atoms. The molecule has 102 valence electrons. The smallest absolute Gasteiger partial charge is 0.147 e. The third-order valence-electron chi connectivity index (χ3n) is 5.24. The van der Waals surface area contributed by atoms with Crippen LogP contribution in [-0.4, -0.2) is 19.7 Å². The third kappa shape index (κ3) is 1.35. The molecule has 3 aliphatic heterocycles. The molecule has 4 heteroatoms. The van der Waals surface area contributed by atoms with Crippen molar-refractivity contribution in [2.75, 3.05) is 0 Å². The number of fused-ring (bicyclic) bond motifs is 6. The minimum Gasteiger partial charge on any atom is -0.314 e. The van der Waals surface area contributed by atoms with Gasteiger partial charge in [0, 0.05) is 25.0 Å². The molecule has 4 nitrogen and oxygen atoms in total. The highest BCUT2D eigenvalue weighted by molar-refractivity contribution is 5.40. The molecule has 5 rings (SSSR count). The molecular weight excluding hydrogens is 248 g/mol. The summed E-state index contributed by atoms with van der Waals surface area (Å²) in [6.07, 6.45) is 4.91. The van der Waals surface area contributed by atoms with Gasteiger partial charge in [0.25, 0.3) is 0 Å². The van der Waals surface area contributed by atoms with E-state index in [1.807, 2.05) is 0 Å². The van der Waals surface area contributed by atoms with Gasteiger partial charge < -0.3 is 4.57 Å². The van der Waals surface area contributed by atoms with Crippen LogP contribution in [0.2, 0.25) is 0 Å². The first-order valence-corrected chi connectivity index (χ1v) is 7.67. The molecule has 20 heavy (non-hydrogen) atoms. The zero-order chi connectivity index (χ0) is 13.1. The number of nitrogens with zero attached hydrogens (tertiary/aromatic N) is 4. The SMILES string of the molecule is c1ccc2c(c1)C1CCC2N1Cc1nnc2n1CCC2. The lowest BCUT2D eigenvalue weighted by atomic mass is 9.92. The molecule has 1 saturated heterocycles. The molecular formula is C16H18N4. The zero-order valence-corrected chi connectivity index (χ0v) is 11.5. The van der Waals surface area contributed by atoms with Gasteiger partial charge in [-0.3, -0.25) is 4.90 Å². The second-order valence-corrected chi connectivity index (χ2v) is 6.20. The summed E-state index contributed by atoms with van der Waals surface area (Å²) in [5.74, 6) is 2.35. The summed E-state index contributed by atoms with van der Waals surface area (Å²) in [6.45, 7) is 2.06. The molecule has 2 unspecified atom stereocenters. The van der Waals surface area contributed by atoms with Crippen molar-refractivity contribution in [2.24, 2.45) is 0 Å². The van der Waals surface area contributed by atoms with E-state index in [2.05, 4.69) is 43.9 Å². The fourth-order valence-corrected chi connectivity index (χ4v) is 4.36. The minimum atomic E-state index is 0.602. The Bertz CT molecular complexity index is 644. The van der Waals surface area contributed by atoms with Gasteiger partial charge in [0.05, 0.1) is 6.54 Å². The van der Waals surface area contributed by atoms with E-state index in [9.17, 15) is 0 Å². The van der Waals surface area contributed by atoms with E-state index in [1.165, 1.54) is 30.9 Å². The van der Waals surface area contributed by atoms with Crippen LogP contribution >= 0.6 is 0 Å². The highest BCUT2D eigenvalue weighted by Gasteiger charge is 2.43. The number of aryl methyl sites for hydroxylation is 1. The number of rotatable bonds is 2. The molecule has 0 amide bonds. The molecule has 3 aliphatic rings. The largest absolute Gasteiger partial charge is 0.314 e. The summed E-state index contributed by atoms with van der Waals surface area (Å²) < 4.78 is 2.34. The van der Waals surface area contributed by atoms with Gasteiger partial charge in [0.2, 0.25) is 0 Å². The van der Waals surface area contributed by atoms with Gasteiger partial charge in [-0.25, -0.2) is 0 Å². The Morgan fingerprint density at radius 1 is 1.05 bits per heavy atom. The van der Waals surface area contributed by atoms with Crippen LogP contribution in [0, 0.1) is 0 Å². The molecule has 0 aliphatic carbocycles. The van der Waals surface area contributed by atoms with E-state index in [1.54, 1.807) is 11.1 Å². The maximum Gasteiger partial charge on any atom is 0.147 e. The topological polar surface area (TPSA) is 34.0 Å². The maximum absolute atomic E-state index is 4.43. The highest BCUT2D eigenvalue weighted by Crippen LogP contribution is 2.53. The lowest BCUT2D eigenvalue weighted by molar-refractivity contribution is 0.205. The number of hydrogen-bond acceptors (Lipinski definition) is 3. The fraction of sp³-hybridized carbons (Fsp3) is 0.500. The van der Waals surface area contributed by atoms with Crippen molar-refractivity contribution >= 4 is 0 Å². The van der Waals surface area contributed by atoms with E-state index in [0.717, 1.165) is 19.5 Å². The molecule has 0 spiro atoms. The van der Waals surface area contributed by atoms with Crippen molar-refractivity contribution < 1.29 is 0 Å². The molecule has 4 heterocycles. The zero-order valence-electron chi connectivity index (χ0n) is 11.5. The first kappa shape index (κ1) is 11.0. The quantitative estimate of drug-likeness (QED) is 0.838. The van der Waals surface area contributed by atoms with E-state index in [-0.39, 0.29) is 0 Å². The second kappa shape index (κ2) is 3.92. The summed E-state index contributed by atoms with van der Waals surface area (Å²) in [6, 6.07) is 10.2. The Morgan fingerprint density at radius 3 is 2.55 bits per heavy atom. The standard InChI is InChI=1S/C16H18N4/c1-2-5-12-11(4-1)13-7-8-14(12)20(13)10-16-18-17-15-6-3-9-19(15)16/h1-2,4-5,13-14H,3,6-10H2. The predicted molar refractivity (Wildman–Crippen MR) is 75.0 cm³/mol. The molecule has 2 aromatic rings. The van der Waals surface area contributed by atoms with Crippen LogP contribution in [0.3, 0.4) is 0 Å². The summed E-state index contributed by atoms with van der Waals surface area (Å²) in [4.78, 5) is 2.64. The molecule has 1 aromatic heterocycles. The van der Waals surface area contributed by atoms with Crippen LogP contribution in [0.1, 0.15) is 54.1 Å². The van der Waals surface area contributed by atoms with Crippen molar-refractivity contribution in [2.45, 2.75) is 50.9 Å². The first-order chi connectivity index (χ1) is 9.92. The van der Waals surface area contributed by atoms with Crippen molar-refractivity contribution in [1.29, 1.82) is 0 Å². The normalized spacial score (nSPS) is 27.0. The monoisotopic (exact) mass is 266 g/mol. The van der Waals surface area contributed by atoms with Crippen LogP contribution < -0.4 is 0 Å². The molecule has 1 fully saturated rings. The van der Waals surface area contributed by atoms with Gasteiger partial charge in [-0.2, -0.15) is 0 Å². The number of hydrogen-bond donors (Lipinski definition) is 0. The van der Waals surface area contributed by atoms with Crippen LogP contribution in [0.15, 0.2) is 24.3 Å². The summed E-state index contributed by atoms with van der Waals surface area (Å²) >= 11 is 0. The fourth-order valence-electron chi connectivity index (χ4n) is 4.36. The van der Waals surface area contributed by atoms with Crippen LogP contribution in [-0.2, 0) is 19.5 Å². The predicted octanol–water partition coefficient (Wildman–Crippen LogP) is 2.62. The number of aromatic nitrogens is 3. The lowest BCUT2D eigenvalue weighted by Gasteiger charge is -2.21. The Labute approximate surface area is 118 Å². The van der Waals surface area contributed by atoms with E-state index in [0.29, 0.717) is 12.1 Å². The van der Waals surface area contributed by atoms with E-state index in [4.69, 9.17) is 0 Å². The summed E-state index contributed by atoms with van der Waals surface area (Å²) in [7, 11) is 0. The number of benzene rings is 1. The van der Waals surface area contributed by atoms with Crippen LogP contribution in [0.25, 0.3) is 0 Å². The Hall–Kier alpha value is -1.68. The Balaban J connectivity index is 1.49. The molecule has 0 saturated carbocycles. The second-order valence-electron chi connectivity index (χ2n) is 6.20. The Kier molecular flexibility index (Phi) is 2.16. The van der Waals surface area contributed by atoms with Crippen molar-refractivity contribution in [1.82, 2.24) is 19.7 Å². The third-order valence-corrected chi connectivity index (χ3v) is 5.24. The van der Waals surface area contributed by atoms with Crippen LogP contribution in [0.4, 0.5) is 0 Å². The molecule has 0 N–H and O–H groups in total. The molecule has 0 radical (unpaired) electrons. The lowest BCUT2D eigenvalue weighted by Crippen LogP contribution is -2.21. The van der Waals surface area contributed by atoms with Gasteiger partial charge in [-0.15, -0.1) is 10.2 Å².